The van der Waals surface area contributed by atoms with Crippen molar-refractivity contribution in [1.82, 2.24) is 20.6 Å². The second-order valence-electron chi connectivity index (χ2n) is 3.97. The first-order chi connectivity index (χ1) is 10.0. The summed E-state index contributed by atoms with van der Waals surface area (Å²) < 4.78 is 0. The number of aromatic nitrogens is 4. The number of rotatable bonds is 4. The first-order valence-corrected chi connectivity index (χ1v) is 6.05. The van der Waals surface area contributed by atoms with Crippen molar-refractivity contribution >= 4 is 28.8 Å². The number of nitrogens with one attached hydrogen (secondary N) is 2. The van der Waals surface area contributed by atoms with Gasteiger partial charge in [-0.1, -0.05) is 17.7 Å². The Bertz CT molecular complexity index is 748. The van der Waals surface area contributed by atoms with Crippen LogP contribution in [0.3, 0.4) is 0 Å². The van der Waals surface area contributed by atoms with Crippen LogP contribution in [0.1, 0.15) is 21.7 Å². The monoisotopic (exact) mass is 304 g/mol. The maximum Gasteiger partial charge on any atom is 0.339 e. The molecule has 1 heterocycles. The number of allylic oxidation sites excluding steroid dienone is 1. The predicted octanol–water partition coefficient (Wildman–Crippen LogP) is 1.84. The summed E-state index contributed by atoms with van der Waals surface area (Å²) in [5.74, 6) is -1.07. The van der Waals surface area contributed by atoms with Crippen LogP contribution in [-0.2, 0) is 0 Å². The Morgan fingerprint density at radius 1 is 1.57 bits per heavy atom. The molecular formula is C12H9ClN6O2. The van der Waals surface area contributed by atoms with E-state index in [4.69, 9.17) is 16.9 Å². The number of benzene rings is 1. The summed E-state index contributed by atoms with van der Waals surface area (Å²) in [6.07, 6.45) is 1.30. The number of aryl methyl sites for hydroxylation is 1. The van der Waals surface area contributed by atoms with Crippen LogP contribution in [0.4, 0.5) is 5.69 Å². The van der Waals surface area contributed by atoms with Crippen LogP contribution in [0.15, 0.2) is 18.3 Å². The smallest absolute Gasteiger partial charge is 0.339 e. The minimum Gasteiger partial charge on any atom is -0.478 e. The molecule has 0 aliphatic rings. The highest BCUT2D eigenvalue weighted by molar-refractivity contribution is 6.34. The Labute approximate surface area is 124 Å². The third-order valence-corrected chi connectivity index (χ3v) is 2.96. The van der Waals surface area contributed by atoms with Gasteiger partial charge < -0.3 is 10.4 Å². The van der Waals surface area contributed by atoms with Gasteiger partial charge in [-0.3, -0.25) is 0 Å². The van der Waals surface area contributed by atoms with Crippen molar-refractivity contribution in [2.45, 2.75) is 6.92 Å². The molecule has 1 aromatic heterocycles. The number of nitrogens with zero attached hydrogens (tertiary/aromatic N) is 4. The average molecular weight is 305 g/mol. The lowest BCUT2D eigenvalue weighted by molar-refractivity contribution is 0.0698. The summed E-state index contributed by atoms with van der Waals surface area (Å²) in [4.78, 5) is 11.3. The minimum absolute atomic E-state index is 0.0710. The molecule has 0 radical (unpaired) electrons. The molecule has 21 heavy (non-hydrogen) atoms. The Morgan fingerprint density at radius 2 is 2.33 bits per heavy atom. The predicted molar refractivity (Wildman–Crippen MR) is 74.5 cm³/mol. The topological polar surface area (TPSA) is 128 Å². The molecule has 0 bridgehead atoms. The van der Waals surface area contributed by atoms with E-state index in [0.29, 0.717) is 11.3 Å². The van der Waals surface area contributed by atoms with Gasteiger partial charge in [-0.15, -0.1) is 10.2 Å². The van der Waals surface area contributed by atoms with E-state index in [1.165, 1.54) is 12.3 Å². The first-order valence-electron chi connectivity index (χ1n) is 5.67. The zero-order valence-corrected chi connectivity index (χ0v) is 11.5. The van der Waals surface area contributed by atoms with Gasteiger partial charge in [-0.2, -0.15) is 10.5 Å². The molecule has 2 aromatic rings. The van der Waals surface area contributed by atoms with Gasteiger partial charge in [0.05, 0.1) is 10.7 Å². The Kier molecular flexibility index (Phi) is 4.15. The van der Waals surface area contributed by atoms with Crippen molar-refractivity contribution in [2.75, 3.05) is 5.32 Å². The molecule has 3 N–H and O–H groups in total. The van der Waals surface area contributed by atoms with E-state index in [1.54, 1.807) is 13.0 Å². The van der Waals surface area contributed by atoms with E-state index < -0.39 is 5.97 Å². The number of H-pyrrole nitrogens is 1. The maximum absolute atomic E-state index is 11.3. The molecule has 0 unspecified atom stereocenters. The molecule has 0 aliphatic heterocycles. The van der Waals surface area contributed by atoms with Gasteiger partial charge in [-0.25, -0.2) is 4.79 Å². The van der Waals surface area contributed by atoms with E-state index in [-0.39, 0.29) is 22.0 Å². The number of aromatic amines is 1. The van der Waals surface area contributed by atoms with E-state index in [9.17, 15) is 9.90 Å². The number of anilines is 1. The van der Waals surface area contributed by atoms with E-state index >= 15 is 0 Å². The second kappa shape index (κ2) is 6.02. The minimum atomic E-state index is -1.17. The largest absolute Gasteiger partial charge is 0.478 e. The molecule has 0 saturated heterocycles. The van der Waals surface area contributed by atoms with Gasteiger partial charge in [0.2, 0.25) is 5.82 Å². The molecule has 1 aromatic carbocycles. The molecule has 8 nitrogen and oxygen atoms in total. The molecule has 106 valence electrons. The summed E-state index contributed by atoms with van der Waals surface area (Å²) in [6, 6.07) is 5.06. The number of halogens is 1. The zero-order chi connectivity index (χ0) is 15.4. The number of nitriles is 1. The number of carbonyl (C=O) groups is 1. The van der Waals surface area contributed by atoms with Crippen LogP contribution in [0.2, 0.25) is 5.02 Å². The lowest BCUT2D eigenvalue weighted by Crippen LogP contribution is -2.05. The molecule has 0 fully saturated rings. The molecule has 0 atom stereocenters. The van der Waals surface area contributed by atoms with Crippen molar-refractivity contribution in [1.29, 1.82) is 5.26 Å². The summed E-state index contributed by atoms with van der Waals surface area (Å²) in [6.45, 7) is 1.72. The van der Waals surface area contributed by atoms with Crippen LogP contribution in [0.5, 0.6) is 0 Å². The number of hydrogen-bond donors (Lipinski definition) is 3. The van der Waals surface area contributed by atoms with Crippen molar-refractivity contribution in [3.63, 3.8) is 0 Å². The van der Waals surface area contributed by atoms with Crippen molar-refractivity contribution < 1.29 is 9.90 Å². The lowest BCUT2D eigenvalue weighted by atomic mass is 10.1. The fourth-order valence-electron chi connectivity index (χ4n) is 1.64. The highest BCUT2D eigenvalue weighted by atomic mass is 35.5. The quantitative estimate of drug-likeness (QED) is 0.735. The van der Waals surface area contributed by atoms with Crippen molar-refractivity contribution in [2.24, 2.45) is 0 Å². The fourth-order valence-corrected chi connectivity index (χ4v) is 1.88. The van der Waals surface area contributed by atoms with Gasteiger partial charge in [0.15, 0.2) is 0 Å². The number of carboxylic acid groups (broad SMARTS) is 1. The molecular weight excluding hydrogens is 296 g/mol. The van der Waals surface area contributed by atoms with Crippen LogP contribution >= 0.6 is 11.6 Å². The van der Waals surface area contributed by atoms with E-state index in [1.807, 2.05) is 6.07 Å². The Balaban J connectivity index is 2.43. The number of hydrogen-bond acceptors (Lipinski definition) is 6. The summed E-state index contributed by atoms with van der Waals surface area (Å²) >= 11 is 5.90. The number of aromatic carboxylic acids is 1. The standard InChI is InChI=1S/C12H9ClN6O2/c1-6-2-3-8(13)9(12(20)21)10(6)15-5-7(4-14)11-16-18-19-17-11/h2-3,5,15H,1H3,(H,20,21)(H,16,17,18,19). The normalized spacial score (nSPS) is 11.0. The molecule has 0 spiro atoms. The molecule has 2 rings (SSSR count). The van der Waals surface area contributed by atoms with Gasteiger partial charge in [0.25, 0.3) is 0 Å². The van der Waals surface area contributed by atoms with E-state index in [0.717, 1.165) is 0 Å². The summed E-state index contributed by atoms with van der Waals surface area (Å²) in [5.41, 5.74) is 0.988. The number of carboxylic acids is 1. The van der Waals surface area contributed by atoms with Crippen LogP contribution in [0, 0.1) is 18.3 Å². The van der Waals surface area contributed by atoms with Gasteiger partial charge in [-0.05, 0) is 23.8 Å². The second-order valence-corrected chi connectivity index (χ2v) is 4.38. The maximum atomic E-state index is 11.3. The Hall–Kier alpha value is -2.92. The summed E-state index contributed by atoms with van der Waals surface area (Å²) in [7, 11) is 0. The average Bonchev–Trinajstić information content (AvgIpc) is 2.96. The van der Waals surface area contributed by atoms with Crippen LogP contribution in [0.25, 0.3) is 5.57 Å². The number of tetrazole rings is 1. The van der Waals surface area contributed by atoms with Crippen LogP contribution in [-0.4, -0.2) is 31.7 Å². The van der Waals surface area contributed by atoms with Gasteiger partial charge >= 0.3 is 5.97 Å². The van der Waals surface area contributed by atoms with Crippen molar-refractivity contribution in [3.8, 4) is 6.07 Å². The molecule has 0 saturated carbocycles. The molecule has 9 heteroatoms. The van der Waals surface area contributed by atoms with Crippen LogP contribution < -0.4 is 5.32 Å². The SMILES string of the molecule is Cc1ccc(Cl)c(C(=O)O)c1NC=C(C#N)c1nn[nH]n1. The summed E-state index contributed by atoms with van der Waals surface area (Å²) in [5, 5.41) is 34.1. The van der Waals surface area contributed by atoms with Crippen molar-refractivity contribution in [3.05, 3.63) is 40.3 Å². The zero-order valence-electron chi connectivity index (χ0n) is 10.8. The highest BCUT2D eigenvalue weighted by Crippen LogP contribution is 2.28. The third-order valence-electron chi connectivity index (χ3n) is 2.64. The van der Waals surface area contributed by atoms with Gasteiger partial charge in [0, 0.05) is 6.20 Å². The Morgan fingerprint density at radius 3 is 2.90 bits per heavy atom. The lowest BCUT2D eigenvalue weighted by Gasteiger charge is -2.11. The van der Waals surface area contributed by atoms with Gasteiger partial charge in [0.1, 0.15) is 17.2 Å². The van der Waals surface area contributed by atoms with E-state index in [2.05, 4.69) is 25.9 Å². The third kappa shape index (κ3) is 2.98. The fraction of sp³-hybridized carbons (Fsp3) is 0.0833. The molecule has 0 amide bonds. The molecule has 0 aliphatic carbocycles. The first kappa shape index (κ1) is 14.5. The highest BCUT2D eigenvalue weighted by Gasteiger charge is 2.16.